The van der Waals surface area contributed by atoms with Crippen LogP contribution in [0.25, 0.3) is 10.9 Å². The first-order valence-electron chi connectivity index (χ1n) is 6.04. The van der Waals surface area contributed by atoms with Crippen molar-refractivity contribution in [3.8, 4) is 0 Å². The zero-order valence-electron chi connectivity index (χ0n) is 10.6. The third-order valence-corrected chi connectivity index (χ3v) is 2.93. The fourth-order valence-electron chi connectivity index (χ4n) is 1.94. The molecule has 2 atom stereocenters. The van der Waals surface area contributed by atoms with E-state index in [-0.39, 0.29) is 12.5 Å². The van der Waals surface area contributed by atoms with Crippen LogP contribution in [0.4, 0.5) is 0 Å². The molecule has 0 fully saturated rings. The Morgan fingerprint density at radius 1 is 1.32 bits per heavy atom. The zero-order chi connectivity index (χ0) is 13.8. The fourth-order valence-corrected chi connectivity index (χ4v) is 1.94. The summed E-state index contributed by atoms with van der Waals surface area (Å²) >= 11 is 0. The van der Waals surface area contributed by atoms with Gasteiger partial charge in [0.15, 0.2) is 0 Å². The van der Waals surface area contributed by atoms with Crippen molar-refractivity contribution in [1.29, 1.82) is 0 Å². The number of carbonyl (C=O) groups is 1. The van der Waals surface area contributed by atoms with E-state index >= 15 is 0 Å². The molecule has 0 aliphatic heterocycles. The standard InChI is InChI=1S/C14H16N2O3/c1-9(17)16-8-13(18)14(19)11-6-7-15-12-5-3-2-4-10(11)12/h2-7,13-14,18-19H,8H2,1H3,(H,16,17). The lowest BCUT2D eigenvalue weighted by Crippen LogP contribution is -2.34. The van der Waals surface area contributed by atoms with Gasteiger partial charge in [-0.15, -0.1) is 0 Å². The van der Waals surface area contributed by atoms with Gasteiger partial charge < -0.3 is 15.5 Å². The molecular formula is C14H16N2O3. The lowest BCUT2D eigenvalue weighted by Gasteiger charge is -2.19. The number of para-hydroxylation sites is 1. The van der Waals surface area contributed by atoms with Crippen molar-refractivity contribution in [3.63, 3.8) is 0 Å². The number of aliphatic hydroxyl groups excluding tert-OH is 2. The minimum absolute atomic E-state index is 0.00709. The summed E-state index contributed by atoms with van der Waals surface area (Å²) in [7, 11) is 0. The summed E-state index contributed by atoms with van der Waals surface area (Å²) in [5, 5.41) is 23.3. The number of nitrogens with one attached hydrogen (secondary N) is 1. The molecule has 0 radical (unpaired) electrons. The number of benzene rings is 1. The van der Waals surface area contributed by atoms with Crippen LogP contribution < -0.4 is 5.32 Å². The van der Waals surface area contributed by atoms with Gasteiger partial charge in [-0.05, 0) is 17.7 Å². The van der Waals surface area contributed by atoms with Gasteiger partial charge in [0.1, 0.15) is 12.2 Å². The van der Waals surface area contributed by atoms with E-state index in [1.54, 1.807) is 12.3 Å². The summed E-state index contributed by atoms with van der Waals surface area (Å²) in [6, 6.07) is 9.06. The van der Waals surface area contributed by atoms with Crippen LogP contribution in [-0.2, 0) is 4.79 Å². The summed E-state index contributed by atoms with van der Waals surface area (Å²) in [6.45, 7) is 1.37. The molecule has 19 heavy (non-hydrogen) atoms. The van der Waals surface area contributed by atoms with Crippen molar-refractivity contribution in [2.75, 3.05) is 6.54 Å². The number of amides is 1. The normalized spacial score (nSPS) is 14.1. The number of fused-ring (bicyclic) bond motifs is 1. The van der Waals surface area contributed by atoms with Crippen molar-refractivity contribution < 1.29 is 15.0 Å². The van der Waals surface area contributed by atoms with E-state index in [9.17, 15) is 15.0 Å². The Morgan fingerprint density at radius 2 is 2.05 bits per heavy atom. The Hall–Kier alpha value is -1.98. The topological polar surface area (TPSA) is 82.5 Å². The lowest BCUT2D eigenvalue weighted by atomic mass is 10.0. The Morgan fingerprint density at radius 3 is 2.79 bits per heavy atom. The summed E-state index contributed by atoms with van der Waals surface area (Å²) in [5.41, 5.74) is 1.36. The highest BCUT2D eigenvalue weighted by molar-refractivity contribution is 5.82. The van der Waals surface area contributed by atoms with Gasteiger partial charge in [0.2, 0.25) is 5.91 Å². The van der Waals surface area contributed by atoms with Crippen LogP contribution in [-0.4, -0.2) is 33.8 Å². The lowest BCUT2D eigenvalue weighted by molar-refractivity contribution is -0.119. The van der Waals surface area contributed by atoms with Gasteiger partial charge in [-0.3, -0.25) is 9.78 Å². The van der Waals surface area contributed by atoms with E-state index in [0.29, 0.717) is 5.56 Å². The van der Waals surface area contributed by atoms with Crippen molar-refractivity contribution in [2.45, 2.75) is 19.1 Å². The molecule has 1 amide bonds. The number of rotatable bonds is 4. The largest absolute Gasteiger partial charge is 0.388 e. The zero-order valence-corrected chi connectivity index (χ0v) is 10.6. The van der Waals surface area contributed by atoms with E-state index in [1.807, 2.05) is 24.3 Å². The van der Waals surface area contributed by atoms with Gasteiger partial charge >= 0.3 is 0 Å². The van der Waals surface area contributed by atoms with Crippen LogP contribution in [0.3, 0.4) is 0 Å². The van der Waals surface area contributed by atoms with Gasteiger partial charge in [-0.25, -0.2) is 0 Å². The van der Waals surface area contributed by atoms with Crippen LogP contribution in [0.1, 0.15) is 18.6 Å². The molecular weight excluding hydrogens is 244 g/mol. The molecule has 2 unspecified atom stereocenters. The third kappa shape index (κ3) is 3.07. The molecule has 0 spiro atoms. The molecule has 2 rings (SSSR count). The van der Waals surface area contributed by atoms with Crippen LogP contribution >= 0.6 is 0 Å². The van der Waals surface area contributed by atoms with Gasteiger partial charge in [0, 0.05) is 25.1 Å². The van der Waals surface area contributed by atoms with Crippen LogP contribution in [0.5, 0.6) is 0 Å². The molecule has 0 aliphatic rings. The molecule has 1 aromatic heterocycles. The number of hydrogen-bond donors (Lipinski definition) is 3. The fraction of sp³-hybridized carbons (Fsp3) is 0.286. The monoisotopic (exact) mass is 260 g/mol. The van der Waals surface area contributed by atoms with Gasteiger partial charge in [0.05, 0.1) is 5.52 Å². The van der Waals surface area contributed by atoms with Gasteiger partial charge in [0.25, 0.3) is 0 Å². The van der Waals surface area contributed by atoms with E-state index < -0.39 is 12.2 Å². The maximum Gasteiger partial charge on any atom is 0.216 e. The molecule has 100 valence electrons. The highest BCUT2D eigenvalue weighted by Gasteiger charge is 2.20. The van der Waals surface area contributed by atoms with E-state index in [4.69, 9.17) is 0 Å². The summed E-state index contributed by atoms with van der Waals surface area (Å²) in [4.78, 5) is 15.0. The third-order valence-electron chi connectivity index (χ3n) is 2.93. The highest BCUT2D eigenvalue weighted by atomic mass is 16.3. The SMILES string of the molecule is CC(=O)NCC(O)C(O)c1ccnc2ccccc12. The highest BCUT2D eigenvalue weighted by Crippen LogP contribution is 2.24. The minimum atomic E-state index is -1.07. The van der Waals surface area contributed by atoms with Gasteiger partial charge in [-0.1, -0.05) is 18.2 Å². The number of aliphatic hydroxyl groups is 2. The molecule has 0 bridgehead atoms. The second-order valence-electron chi connectivity index (χ2n) is 4.37. The summed E-state index contributed by atoms with van der Waals surface area (Å²) < 4.78 is 0. The average Bonchev–Trinajstić information content (AvgIpc) is 2.43. The number of aromatic nitrogens is 1. The Labute approximate surface area is 110 Å². The molecule has 0 saturated carbocycles. The predicted molar refractivity (Wildman–Crippen MR) is 71.4 cm³/mol. The maximum absolute atomic E-state index is 10.8. The van der Waals surface area contributed by atoms with Crippen molar-refractivity contribution >= 4 is 16.8 Å². The first-order valence-corrected chi connectivity index (χ1v) is 6.04. The number of carbonyl (C=O) groups excluding carboxylic acids is 1. The molecule has 5 heteroatoms. The quantitative estimate of drug-likeness (QED) is 0.758. The first kappa shape index (κ1) is 13.5. The number of nitrogens with zero attached hydrogens (tertiary/aromatic N) is 1. The molecule has 5 nitrogen and oxygen atoms in total. The van der Waals surface area contributed by atoms with E-state index in [2.05, 4.69) is 10.3 Å². The average molecular weight is 260 g/mol. The Bertz CT molecular complexity index is 580. The summed E-state index contributed by atoms with van der Waals surface area (Å²) in [5.74, 6) is -0.245. The van der Waals surface area contributed by atoms with E-state index in [0.717, 1.165) is 10.9 Å². The van der Waals surface area contributed by atoms with Gasteiger partial charge in [-0.2, -0.15) is 0 Å². The first-order chi connectivity index (χ1) is 9.09. The maximum atomic E-state index is 10.8. The number of pyridine rings is 1. The smallest absolute Gasteiger partial charge is 0.216 e. The Kier molecular flexibility index (Phi) is 4.09. The number of hydrogen-bond acceptors (Lipinski definition) is 4. The Balaban J connectivity index is 2.25. The van der Waals surface area contributed by atoms with Crippen LogP contribution in [0.15, 0.2) is 36.5 Å². The van der Waals surface area contributed by atoms with Crippen LogP contribution in [0.2, 0.25) is 0 Å². The second kappa shape index (κ2) is 5.77. The van der Waals surface area contributed by atoms with E-state index in [1.165, 1.54) is 6.92 Å². The molecule has 0 aliphatic carbocycles. The molecule has 3 N–H and O–H groups in total. The molecule has 1 aromatic carbocycles. The van der Waals surface area contributed by atoms with Crippen LogP contribution in [0, 0.1) is 0 Å². The van der Waals surface area contributed by atoms with Crippen molar-refractivity contribution in [1.82, 2.24) is 10.3 Å². The molecule has 0 saturated heterocycles. The van der Waals surface area contributed by atoms with Crippen molar-refractivity contribution in [3.05, 3.63) is 42.1 Å². The summed E-state index contributed by atoms with van der Waals surface area (Å²) in [6.07, 6.45) is -0.541. The minimum Gasteiger partial charge on any atom is -0.388 e. The second-order valence-corrected chi connectivity index (χ2v) is 4.37. The molecule has 1 heterocycles. The van der Waals surface area contributed by atoms with Crippen molar-refractivity contribution in [2.24, 2.45) is 0 Å². The predicted octanol–water partition coefficient (Wildman–Crippen LogP) is 0.765. The molecule has 2 aromatic rings.